The number of hydrogen-bond donors (Lipinski definition) is 2. The molecular weight excluding hydrogens is 368 g/mol. The number of carbonyl (C=O) groups is 3. The highest BCUT2D eigenvalue weighted by Gasteiger charge is 2.32. The maximum Gasteiger partial charge on any atom is 0.251 e. The van der Waals surface area contributed by atoms with E-state index in [1.807, 2.05) is 24.3 Å². The molecule has 3 fully saturated rings. The summed E-state index contributed by atoms with van der Waals surface area (Å²) in [7, 11) is 2.18. The highest BCUT2D eigenvalue weighted by molar-refractivity contribution is 6.03. The van der Waals surface area contributed by atoms with Crippen molar-refractivity contribution in [3.63, 3.8) is 0 Å². The summed E-state index contributed by atoms with van der Waals surface area (Å²) in [6.45, 7) is 4.30. The van der Waals surface area contributed by atoms with Crippen molar-refractivity contribution in [2.45, 2.75) is 44.2 Å². The van der Waals surface area contributed by atoms with Crippen LogP contribution in [-0.4, -0.2) is 72.8 Å². The molecule has 2 unspecified atom stereocenters. The van der Waals surface area contributed by atoms with Gasteiger partial charge in [-0.15, -0.1) is 0 Å². The molecule has 1 aromatic rings. The number of likely N-dealkylation sites (tertiary alicyclic amines) is 2. The zero-order chi connectivity index (χ0) is 20.4. The molecule has 3 saturated heterocycles. The van der Waals surface area contributed by atoms with Gasteiger partial charge in [0.05, 0.1) is 5.92 Å². The van der Waals surface area contributed by atoms with Crippen LogP contribution in [0.3, 0.4) is 0 Å². The van der Waals surface area contributed by atoms with Crippen LogP contribution >= 0.6 is 0 Å². The molecule has 3 heterocycles. The van der Waals surface area contributed by atoms with Crippen LogP contribution in [0.15, 0.2) is 24.3 Å². The molecule has 0 spiro atoms. The Morgan fingerprint density at radius 1 is 1.10 bits per heavy atom. The molecule has 4 rings (SSSR count). The molecule has 156 valence electrons. The minimum absolute atomic E-state index is 0.0411. The van der Waals surface area contributed by atoms with Gasteiger partial charge in [0, 0.05) is 37.2 Å². The molecule has 0 radical (unpaired) electrons. The third-order valence-electron chi connectivity index (χ3n) is 6.52. The number of rotatable bonds is 5. The molecule has 0 aliphatic carbocycles. The molecule has 0 saturated carbocycles. The minimum Gasteiger partial charge on any atom is -0.348 e. The number of nitrogens with zero attached hydrogens (tertiary/aromatic N) is 2. The molecule has 3 amide bonds. The van der Waals surface area contributed by atoms with Crippen molar-refractivity contribution < 1.29 is 14.4 Å². The summed E-state index contributed by atoms with van der Waals surface area (Å²) in [5.41, 5.74) is 1.60. The number of nitrogens with one attached hydrogen (secondary N) is 2. The standard InChI is InChI=1S/C22H30N4O3/c1-25-9-7-19(8-10-25)26-11-6-18(14-26)23-21(28)16-4-2-15(3-5-16)12-17-13-20(27)24-22(17)29/h2-5,17-19H,6-14H2,1H3,(H,23,28)(H,24,27,29). The van der Waals surface area contributed by atoms with Gasteiger partial charge in [-0.05, 0) is 63.5 Å². The van der Waals surface area contributed by atoms with Crippen LogP contribution in [0.1, 0.15) is 41.6 Å². The fraction of sp³-hybridized carbons (Fsp3) is 0.591. The molecule has 3 aliphatic rings. The van der Waals surface area contributed by atoms with Crippen molar-refractivity contribution >= 4 is 17.7 Å². The van der Waals surface area contributed by atoms with Gasteiger partial charge in [0.2, 0.25) is 11.8 Å². The van der Waals surface area contributed by atoms with Crippen LogP contribution in [0.5, 0.6) is 0 Å². The van der Waals surface area contributed by atoms with Crippen molar-refractivity contribution in [2.75, 3.05) is 33.2 Å². The summed E-state index contributed by atoms with van der Waals surface area (Å²) < 4.78 is 0. The first-order chi connectivity index (χ1) is 14.0. The van der Waals surface area contributed by atoms with E-state index >= 15 is 0 Å². The van der Waals surface area contributed by atoms with Crippen molar-refractivity contribution in [3.05, 3.63) is 35.4 Å². The van der Waals surface area contributed by atoms with Crippen molar-refractivity contribution in [3.8, 4) is 0 Å². The van der Waals surface area contributed by atoms with Gasteiger partial charge >= 0.3 is 0 Å². The summed E-state index contributed by atoms with van der Waals surface area (Å²) in [6.07, 6.45) is 4.19. The average Bonchev–Trinajstić information content (AvgIpc) is 3.29. The van der Waals surface area contributed by atoms with Crippen LogP contribution in [0.2, 0.25) is 0 Å². The van der Waals surface area contributed by atoms with E-state index in [1.165, 1.54) is 12.8 Å². The van der Waals surface area contributed by atoms with E-state index in [-0.39, 0.29) is 36.1 Å². The number of piperidine rings is 1. The van der Waals surface area contributed by atoms with Crippen LogP contribution < -0.4 is 10.6 Å². The first kappa shape index (κ1) is 20.0. The Bertz CT molecular complexity index is 771. The number of imide groups is 1. The van der Waals surface area contributed by atoms with Gasteiger partial charge in [0.15, 0.2) is 0 Å². The van der Waals surface area contributed by atoms with Gasteiger partial charge in [0.1, 0.15) is 0 Å². The Morgan fingerprint density at radius 3 is 2.48 bits per heavy atom. The molecule has 0 bridgehead atoms. The number of amides is 3. The van der Waals surface area contributed by atoms with Gasteiger partial charge in [-0.25, -0.2) is 0 Å². The smallest absolute Gasteiger partial charge is 0.251 e. The monoisotopic (exact) mass is 398 g/mol. The zero-order valence-electron chi connectivity index (χ0n) is 17.0. The normalized spacial score (nSPS) is 26.7. The van der Waals surface area contributed by atoms with Gasteiger partial charge in [-0.3, -0.25) is 24.6 Å². The van der Waals surface area contributed by atoms with Crippen molar-refractivity contribution in [2.24, 2.45) is 5.92 Å². The van der Waals surface area contributed by atoms with E-state index in [1.54, 1.807) is 0 Å². The van der Waals surface area contributed by atoms with E-state index in [0.717, 1.165) is 38.2 Å². The molecule has 2 N–H and O–H groups in total. The highest BCUT2D eigenvalue weighted by Crippen LogP contribution is 2.21. The lowest BCUT2D eigenvalue weighted by molar-refractivity contribution is -0.125. The first-order valence-electron chi connectivity index (χ1n) is 10.6. The Hall–Kier alpha value is -2.25. The van der Waals surface area contributed by atoms with Crippen molar-refractivity contribution in [1.82, 2.24) is 20.4 Å². The third-order valence-corrected chi connectivity index (χ3v) is 6.52. The van der Waals surface area contributed by atoms with Gasteiger partial charge in [-0.1, -0.05) is 12.1 Å². The third kappa shape index (κ3) is 4.85. The fourth-order valence-corrected chi connectivity index (χ4v) is 4.71. The first-order valence-corrected chi connectivity index (χ1v) is 10.6. The number of benzene rings is 1. The average molecular weight is 399 g/mol. The fourth-order valence-electron chi connectivity index (χ4n) is 4.71. The highest BCUT2D eigenvalue weighted by atomic mass is 16.2. The molecule has 3 aliphatic heterocycles. The lowest BCUT2D eigenvalue weighted by Gasteiger charge is -2.35. The molecular formula is C22H30N4O3. The lowest BCUT2D eigenvalue weighted by atomic mass is 9.97. The summed E-state index contributed by atoms with van der Waals surface area (Å²) in [5, 5.41) is 5.52. The number of hydrogen-bond acceptors (Lipinski definition) is 5. The Labute approximate surface area is 171 Å². The Morgan fingerprint density at radius 2 is 1.83 bits per heavy atom. The topological polar surface area (TPSA) is 81.8 Å². The maximum absolute atomic E-state index is 12.6. The lowest BCUT2D eigenvalue weighted by Crippen LogP contribution is -2.44. The summed E-state index contributed by atoms with van der Waals surface area (Å²) in [5.74, 6) is -0.749. The predicted molar refractivity (Wildman–Crippen MR) is 109 cm³/mol. The van der Waals surface area contributed by atoms with Gasteiger partial charge in [-0.2, -0.15) is 0 Å². The minimum atomic E-state index is -0.300. The molecule has 7 heteroatoms. The predicted octanol–water partition coefficient (Wildman–Crippen LogP) is 0.790. The number of carbonyl (C=O) groups excluding carboxylic acids is 3. The van der Waals surface area contributed by atoms with Gasteiger partial charge < -0.3 is 10.2 Å². The van der Waals surface area contributed by atoms with Crippen LogP contribution in [0.25, 0.3) is 0 Å². The van der Waals surface area contributed by atoms with Crippen LogP contribution in [-0.2, 0) is 16.0 Å². The molecule has 0 aromatic heterocycles. The molecule has 1 aromatic carbocycles. The SMILES string of the molecule is CN1CCC(N2CCC(NC(=O)c3ccc(CC4CC(=O)NC4=O)cc3)C2)CC1. The largest absolute Gasteiger partial charge is 0.348 e. The van der Waals surface area contributed by atoms with Crippen LogP contribution in [0.4, 0.5) is 0 Å². The van der Waals surface area contributed by atoms with E-state index in [2.05, 4.69) is 27.5 Å². The van der Waals surface area contributed by atoms with Crippen molar-refractivity contribution in [1.29, 1.82) is 0 Å². The summed E-state index contributed by atoms with van der Waals surface area (Å²) >= 11 is 0. The van der Waals surface area contributed by atoms with E-state index in [0.29, 0.717) is 18.0 Å². The maximum atomic E-state index is 12.6. The van der Waals surface area contributed by atoms with Gasteiger partial charge in [0.25, 0.3) is 5.91 Å². The Balaban J connectivity index is 1.27. The zero-order valence-corrected chi connectivity index (χ0v) is 17.0. The second-order valence-corrected chi connectivity index (χ2v) is 8.70. The molecule has 29 heavy (non-hydrogen) atoms. The van der Waals surface area contributed by atoms with E-state index in [4.69, 9.17) is 0 Å². The second-order valence-electron chi connectivity index (χ2n) is 8.70. The second kappa shape index (κ2) is 8.63. The summed E-state index contributed by atoms with van der Waals surface area (Å²) in [6, 6.07) is 8.23. The Kier molecular flexibility index (Phi) is 5.96. The van der Waals surface area contributed by atoms with E-state index in [9.17, 15) is 14.4 Å². The molecule has 7 nitrogen and oxygen atoms in total. The quantitative estimate of drug-likeness (QED) is 0.717. The summed E-state index contributed by atoms with van der Waals surface area (Å²) in [4.78, 5) is 40.6. The van der Waals surface area contributed by atoms with Crippen LogP contribution in [0, 0.1) is 5.92 Å². The van der Waals surface area contributed by atoms with E-state index < -0.39 is 0 Å². The molecule has 2 atom stereocenters.